The molecule has 2 N–H and O–H groups in total. The van der Waals surface area contributed by atoms with Gasteiger partial charge >= 0.3 is 6.61 Å². The number of aromatic nitrogens is 1. The lowest BCUT2D eigenvalue weighted by Crippen LogP contribution is -2.20. The van der Waals surface area contributed by atoms with Gasteiger partial charge in [-0.1, -0.05) is 29.8 Å². The van der Waals surface area contributed by atoms with Gasteiger partial charge in [0.05, 0.1) is 5.56 Å². The van der Waals surface area contributed by atoms with Gasteiger partial charge in [0.1, 0.15) is 16.7 Å². The van der Waals surface area contributed by atoms with Crippen molar-refractivity contribution in [1.82, 2.24) is 10.3 Å². The quantitative estimate of drug-likeness (QED) is 0.791. The van der Waals surface area contributed by atoms with Gasteiger partial charge in [-0.25, -0.2) is 4.98 Å². The number of halogens is 3. The number of hydrogen-bond donors (Lipinski definition) is 2. The molecule has 1 aromatic heterocycles. The first kappa shape index (κ1) is 17.0. The Bertz CT molecular complexity index is 698. The van der Waals surface area contributed by atoms with E-state index in [-0.39, 0.29) is 29.2 Å². The maximum absolute atomic E-state index is 12.4. The van der Waals surface area contributed by atoms with Crippen molar-refractivity contribution in [3.63, 3.8) is 0 Å². The zero-order valence-corrected chi connectivity index (χ0v) is 12.9. The van der Waals surface area contributed by atoms with Gasteiger partial charge in [-0.05, 0) is 18.2 Å². The number of anilines is 1. The van der Waals surface area contributed by atoms with E-state index in [1.54, 1.807) is 18.2 Å². The van der Waals surface area contributed by atoms with Gasteiger partial charge in [0.15, 0.2) is 0 Å². The molecule has 0 bridgehead atoms. The number of nitrogens with zero attached hydrogens (tertiary/aromatic N) is 1. The lowest BCUT2D eigenvalue weighted by molar-refractivity contribution is -0.0504. The number of hydrogen-bond acceptors (Lipinski definition) is 4. The molecule has 122 valence electrons. The Labute approximate surface area is 136 Å². The number of alkyl halides is 2. The molecule has 0 aliphatic rings. The number of rotatable bonds is 6. The maximum atomic E-state index is 12.4. The molecule has 5 nitrogen and oxygen atoms in total. The summed E-state index contributed by atoms with van der Waals surface area (Å²) in [5.41, 5.74) is 0.793. The van der Waals surface area contributed by atoms with Crippen LogP contribution in [0.5, 0.6) is 5.75 Å². The molecule has 8 heteroatoms. The van der Waals surface area contributed by atoms with Gasteiger partial charge in [-0.15, -0.1) is 0 Å². The molecule has 23 heavy (non-hydrogen) atoms. The summed E-state index contributed by atoms with van der Waals surface area (Å²) in [7, 11) is 1.49. The lowest BCUT2D eigenvalue weighted by atomic mass is 10.2. The number of nitrogens with one attached hydrogen (secondary N) is 2. The molecule has 1 heterocycles. The molecule has 0 aliphatic heterocycles. The van der Waals surface area contributed by atoms with E-state index in [4.69, 9.17) is 11.6 Å². The number of pyridine rings is 1. The highest BCUT2D eigenvalue weighted by Gasteiger charge is 2.14. The smallest absolute Gasteiger partial charge is 0.387 e. The van der Waals surface area contributed by atoms with E-state index in [1.807, 2.05) is 0 Å². The van der Waals surface area contributed by atoms with E-state index in [0.717, 1.165) is 0 Å². The van der Waals surface area contributed by atoms with Crippen LogP contribution < -0.4 is 15.4 Å². The first-order chi connectivity index (χ1) is 11.0. The van der Waals surface area contributed by atoms with E-state index >= 15 is 0 Å². The Hall–Kier alpha value is -2.41. The molecule has 0 aliphatic carbocycles. The average molecular weight is 342 g/mol. The van der Waals surface area contributed by atoms with Crippen molar-refractivity contribution < 1.29 is 18.3 Å². The van der Waals surface area contributed by atoms with Gasteiger partial charge in [0.25, 0.3) is 5.91 Å². The fraction of sp³-hybridized carbons (Fsp3) is 0.200. The third-order valence-electron chi connectivity index (χ3n) is 2.97. The summed E-state index contributed by atoms with van der Waals surface area (Å²) in [6.45, 7) is -2.78. The first-order valence-electron chi connectivity index (χ1n) is 6.66. The van der Waals surface area contributed by atoms with Gasteiger partial charge in [0.2, 0.25) is 0 Å². The van der Waals surface area contributed by atoms with Crippen LogP contribution in [0.2, 0.25) is 5.15 Å². The molecule has 2 aromatic rings. The van der Waals surface area contributed by atoms with Crippen molar-refractivity contribution in [2.24, 2.45) is 0 Å². The zero-order valence-electron chi connectivity index (χ0n) is 12.1. The van der Waals surface area contributed by atoms with Crippen LogP contribution in [0.4, 0.5) is 14.6 Å². The summed E-state index contributed by atoms with van der Waals surface area (Å²) in [6, 6.07) is 9.38. The van der Waals surface area contributed by atoms with Crippen molar-refractivity contribution in [2.45, 2.75) is 13.2 Å². The van der Waals surface area contributed by atoms with Crippen molar-refractivity contribution in [3.05, 3.63) is 52.7 Å². The van der Waals surface area contributed by atoms with Crippen LogP contribution in [0.1, 0.15) is 15.9 Å². The largest absolute Gasteiger partial charge is 0.434 e. The Morgan fingerprint density at radius 1 is 1.30 bits per heavy atom. The van der Waals surface area contributed by atoms with E-state index in [0.29, 0.717) is 11.1 Å². The first-order valence-corrected chi connectivity index (χ1v) is 7.04. The standard InChI is InChI=1S/C15H14ClF2N3O2/c1-19-14(22)10-6-7-12(16)21-13(10)20-8-9-4-2-3-5-11(9)23-15(17)18/h2-7,15H,8H2,1H3,(H,19,22)(H,20,21). The van der Waals surface area contributed by atoms with Crippen LogP contribution in [0.25, 0.3) is 0 Å². The molecule has 0 saturated carbocycles. The molecule has 0 spiro atoms. The minimum Gasteiger partial charge on any atom is -0.434 e. The monoisotopic (exact) mass is 341 g/mol. The van der Waals surface area contributed by atoms with Crippen LogP contribution >= 0.6 is 11.6 Å². The van der Waals surface area contributed by atoms with Crippen molar-refractivity contribution in [2.75, 3.05) is 12.4 Å². The van der Waals surface area contributed by atoms with Gasteiger partial charge < -0.3 is 15.4 Å². The molecule has 0 atom stereocenters. The minimum absolute atomic E-state index is 0.0542. The molecule has 1 aromatic carbocycles. The summed E-state index contributed by atoms with van der Waals surface area (Å²) in [6.07, 6.45) is 0. The van der Waals surface area contributed by atoms with E-state index < -0.39 is 6.61 Å². The molecular formula is C15H14ClF2N3O2. The Morgan fingerprint density at radius 2 is 2.04 bits per heavy atom. The molecule has 0 saturated heterocycles. The zero-order chi connectivity index (χ0) is 16.8. The number of ether oxygens (including phenoxy) is 1. The number of benzene rings is 1. The average Bonchev–Trinajstić information content (AvgIpc) is 2.53. The van der Waals surface area contributed by atoms with E-state index in [9.17, 15) is 13.6 Å². The highest BCUT2D eigenvalue weighted by Crippen LogP contribution is 2.23. The van der Waals surface area contributed by atoms with Crippen LogP contribution in [-0.2, 0) is 6.54 Å². The Balaban J connectivity index is 2.21. The second-order valence-corrected chi connectivity index (χ2v) is 4.84. The summed E-state index contributed by atoms with van der Waals surface area (Å²) in [5.74, 6) is -0.0315. The molecular weight excluding hydrogens is 328 g/mol. The van der Waals surface area contributed by atoms with E-state index in [1.165, 1.54) is 25.2 Å². The van der Waals surface area contributed by atoms with Crippen molar-refractivity contribution in [1.29, 1.82) is 0 Å². The molecule has 0 radical (unpaired) electrons. The summed E-state index contributed by atoms with van der Waals surface area (Å²) in [5, 5.41) is 5.61. The Kier molecular flexibility index (Phi) is 5.70. The topological polar surface area (TPSA) is 63.2 Å². The molecule has 0 fully saturated rings. The number of carbonyl (C=O) groups excluding carboxylic acids is 1. The third-order valence-corrected chi connectivity index (χ3v) is 3.18. The van der Waals surface area contributed by atoms with Gasteiger partial charge in [0, 0.05) is 19.2 Å². The summed E-state index contributed by atoms with van der Waals surface area (Å²) >= 11 is 5.84. The van der Waals surface area contributed by atoms with Gasteiger partial charge in [-0.3, -0.25) is 4.79 Å². The maximum Gasteiger partial charge on any atom is 0.387 e. The minimum atomic E-state index is -2.91. The Morgan fingerprint density at radius 3 is 2.74 bits per heavy atom. The molecule has 1 amide bonds. The van der Waals surface area contributed by atoms with Crippen LogP contribution in [-0.4, -0.2) is 24.6 Å². The molecule has 0 unspecified atom stereocenters. The highest BCUT2D eigenvalue weighted by atomic mass is 35.5. The van der Waals surface area contributed by atoms with Gasteiger partial charge in [-0.2, -0.15) is 8.78 Å². The second kappa shape index (κ2) is 7.73. The highest BCUT2D eigenvalue weighted by molar-refractivity contribution is 6.29. The normalized spacial score (nSPS) is 10.5. The molecule has 2 rings (SSSR count). The van der Waals surface area contributed by atoms with Crippen LogP contribution in [0, 0.1) is 0 Å². The van der Waals surface area contributed by atoms with Crippen LogP contribution in [0.3, 0.4) is 0 Å². The predicted molar refractivity (Wildman–Crippen MR) is 83.0 cm³/mol. The fourth-order valence-corrected chi connectivity index (χ4v) is 2.08. The SMILES string of the molecule is CNC(=O)c1ccc(Cl)nc1NCc1ccccc1OC(F)F. The van der Waals surface area contributed by atoms with Crippen molar-refractivity contribution >= 4 is 23.3 Å². The number of para-hydroxylation sites is 1. The second-order valence-electron chi connectivity index (χ2n) is 4.45. The summed E-state index contributed by atoms with van der Waals surface area (Å²) < 4.78 is 29.3. The number of amides is 1. The van der Waals surface area contributed by atoms with Crippen LogP contribution in [0.15, 0.2) is 36.4 Å². The predicted octanol–water partition coefficient (Wildman–Crippen LogP) is 3.31. The number of carbonyl (C=O) groups is 1. The van der Waals surface area contributed by atoms with E-state index in [2.05, 4.69) is 20.4 Å². The third kappa shape index (κ3) is 4.53. The lowest BCUT2D eigenvalue weighted by Gasteiger charge is -2.13. The fourth-order valence-electron chi connectivity index (χ4n) is 1.93. The van der Waals surface area contributed by atoms with Crippen molar-refractivity contribution in [3.8, 4) is 5.75 Å². The summed E-state index contributed by atoms with van der Waals surface area (Å²) in [4.78, 5) is 15.9.